The number of ketones is 1. The molecule has 0 saturated carbocycles. The van der Waals surface area contributed by atoms with E-state index in [0.29, 0.717) is 0 Å². The summed E-state index contributed by atoms with van der Waals surface area (Å²) in [4.78, 5) is 23.8. The Morgan fingerprint density at radius 1 is 1.22 bits per heavy atom. The molecule has 7 heteroatoms. The van der Waals surface area contributed by atoms with Crippen LogP contribution in [-0.2, 0) is 26.9 Å². The van der Waals surface area contributed by atoms with Gasteiger partial charge in [-0.15, -0.1) is 0 Å². The maximum absolute atomic E-state index is 13.1. The molecule has 0 fully saturated rings. The van der Waals surface area contributed by atoms with Crippen LogP contribution in [0.5, 0.6) is 0 Å². The molecule has 0 aliphatic rings. The molecular formula is C16H18ClF3O3. The number of benzene rings is 1. The molecule has 0 N–H and O–H groups in total. The van der Waals surface area contributed by atoms with Crippen molar-refractivity contribution in [2.24, 2.45) is 5.92 Å². The summed E-state index contributed by atoms with van der Waals surface area (Å²) >= 11 is 5.61. The average molecular weight is 351 g/mol. The molecule has 0 aromatic heterocycles. The minimum atomic E-state index is -4.63. The van der Waals surface area contributed by atoms with Crippen molar-refractivity contribution in [2.75, 3.05) is 0 Å². The zero-order valence-electron chi connectivity index (χ0n) is 13.3. The van der Waals surface area contributed by atoms with Crippen LogP contribution in [0.1, 0.15) is 38.8 Å². The van der Waals surface area contributed by atoms with Crippen LogP contribution in [0.15, 0.2) is 18.2 Å². The van der Waals surface area contributed by atoms with Crippen LogP contribution < -0.4 is 0 Å². The molecule has 23 heavy (non-hydrogen) atoms. The molecule has 1 rings (SSSR count). The van der Waals surface area contributed by atoms with Gasteiger partial charge in [0.1, 0.15) is 17.3 Å². The van der Waals surface area contributed by atoms with Gasteiger partial charge in [-0.1, -0.05) is 17.7 Å². The first kappa shape index (κ1) is 19.5. The second-order valence-corrected chi connectivity index (χ2v) is 6.64. The van der Waals surface area contributed by atoms with Crippen LogP contribution in [0.25, 0.3) is 0 Å². The van der Waals surface area contributed by atoms with Gasteiger partial charge in [0, 0.05) is 5.02 Å². The molecule has 3 nitrogen and oxygen atoms in total. The minimum Gasteiger partial charge on any atom is -0.459 e. The topological polar surface area (TPSA) is 43.4 Å². The summed E-state index contributed by atoms with van der Waals surface area (Å²) in [6, 6.07) is 3.24. The third-order valence-electron chi connectivity index (χ3n) is 2.98. The quantitative estimate of drug-likeness (QED) is 0.595. The fourth-order valence-electron chi connectivity index (χ4n) is 1.98. The van der Waals surface area contributed by atoms with Crippen LogP contribution in [0.2, 0.25) is 5.02 Å². The number of alkyl halides is 3. The van der Waals surface area contributed by atoms with Crippen LogP contribution in [0, 0.1) is 5.92 Å². The third kappa shape index (κ3) is 5.86. The summed E-state index contributed by atoms with van der Waals surface area (Å²) in [5.41, 5.74) is -1.97. The van der Waals surface area contributed by atoms with Gasteiger partial charge in [-0.05, 0) is 51.8 Å². The van der Waals surface area contributed by atoms with E-state index in [4.69, 9.17) is 16.3 Å². The second-order valence-electron chi connectivity index (χ2n) is 6.20. The maximum Gasteiger partial charge on any atom is 0.416 e. The number of halogens is 4. The van der Waals surface area contributed by atoms with Crippen molar-refractivity contribution < 1.29 is 27.5 Å². The Labute approximate surface area is 137 Å². The van der Waals surface area contributed by atoms with Gasteiger partial charge in [0.2, 0.25) is 0 Å². The number of ether oxygens (including phenoxy) is 1. The van der Waals surface area contributed by atoms with Crippen molar-refractivity contribution in [1.29, 1.82) is 0 Å². The Kier molecular flexibility index (Phi) is 5.85. The lowest BCUT2D eigenvalue weighted by Gasteiger charge is -2.23. The summed E-state index contributed by atoms with van der Waals surface area (Å²) in [7, 11) is 0. The van der Waals surface area contributed by atoms with Crippen molar-refractivity contribution in [2.45, 2.75) is 45.9 Å². The van der Waals surface area contributed by atoms with E-state index < -0.39 is 41.4 Å². The SMILES string of the molecule is CC(=O)C(Cc1ccc(Cl)cc1C(F)(F)F)C(=O)OC(C)(C)C. The van der Waals surface area contributed by atoms with Gasteiger partial charge in [0.15, 0.2) is 0 Å². The first-order chi connectivity index (χ1) is 10.3. The molecule has 1 aromatic carbocycles. The van der Waals surface area contributed by atoms with Crippen LogP contribution in [0.3, 0.4) is 0 Å². The summed E-state index contributed by atoms with van der Waals surface area (Å²) < 4.78 is 44.4. The molecule has 0 aliphatic heterocycles. The molecule has 0 aliphatic carbocycles. The van der Waals surface area contributed by atoms with Crippen molar-refractivity contribution >= 4 is 23.4 Å². The van der Waals surface area contributed by atoms with E-state index in [0.717, 1.165) is 13.0 Å². The fourth-order valence-corrected chi connectivity index (χ4v) is 2.15. The van der Waals surface area contributed by atoms with Gasteiger partial charge in [-0.3, -0.25) is 9.59 Å². The number of hydrogen-bond acceptors (Lipinski definition) is 3. The van der Waals surface area contributed by atoms with E-state index in [1.54, 1.807) is 20.8 Å². The van der Waals surface area contributed by atoms with Gasteiger partial charge in [0.05, 0.1) is 5.56 Å². The van der Waals surface area contributed by atoms with E-state index in [1.807, 2.05) is 0 Å². The summed E-state index contributed by atoms with van der Waals surface area (Å²) in [6.07, 6.45) is -5.02. The molecular weight excluding hydrogens is 333 g/mol. The summed E-state index contributed by atoms with van der Waals surface area (Å²) in [5.74, 6) is -2.69. The molecule has 0 heterocycles. The van der Waals surface area contributed by atoms with Gasteiger partial charge >= 0.3 is 12.1 Å². The molecule has 1 unspecified atom stereocenters. The van der Waals surface area contributed by atoms with Crippen LogP contribution >= 0.6 is 11.6 Å². The molecule has 0 spiro atoms. The predicted octanol–water partition coefficient (Wildman–Crippen LogP) is 4.45. The number of carbonyl (C=O) groups is 2. The first-order valence-electron chi connectivity index (χ1n) is 6.90. The summed E-state index contributed by atoms with van der Waals surface area (Å²) in [6.45, 7) is 6.00. The Balaban J connectivity index is 3.16. The third-order valence-corrected chi connectivity index (χ3v) is 3.22. The number of carbonyl (C=O) groups excluding carboxylic acids is 2. The van der Waals surface area contributed by atoms with Gasteiger partial charge in [-0.2, -0.15) is 13.2 Å². The zero-order chi connectivity index (χ0) is 18.0. The molecule has 0 saturated heterocycles. The Bertz CT molecular complexity index is 604. The average Bonchev–Trinajstić information content (AvgIpc) is 2.33. The molecule has 1 atom stereocenters. The van der Waals surface area contributed by atoms with E-state index >= 15 is 0 Å². The standard InChI is InChI=1S/C16H18ClF3O3/c1-9(21)12(14(22)23-15(2,3)4)7-10-5-6-11(17)8-13(10)16(18,19)20/h5-6,8,12H,7H2,1-4H3. The van der Waals surface area contributed by atoms with Crippen molar-refractivity contribution in [3.63, 3.8) is 0 Å². The Morgan fingerprint density at radius 3 is 2.22 bits per heavy atom. The first-order valence-corrected chi connectivity index (χ1v) is 7.28. The smallest absolute Gasteiger partial charge is 0.416 e. The lowest BCUT2D eigenvalue weighted by atomic mass is 9.92. The number of esters is 1. The van der Waals surface area contributed by atoms with Gasteiger partial charge < -0.3 is 4.74 Å². The Morgan fingerprint density at radius 2 is 1.78 bits per heavy atom. The van der Waals surface area contributed by atoms with E-state index in [9.17, 15) is 22.8 Å². The highest BCUT2D eigenvalue weighted by Gasteiger charge is 2.36. The molecule has 1 aromatic rings. The number of hydrogen-bond donors (Lipinski definition) is 0. The van der Waals surface area contributed by atoms with Crippen LogP contribution in [-0.4, -0.2) is 17.4 Å². The molecule has 0 bridgehead atoms. The second kappa shape index (κ2) is 6.91. The highest BCUT2D eigenvalue weighted by Crippen LogP contribution is 2.35. The molecule has 128 valence electrons. The highest BCUT2D eigenvalue weighted by molar-refractivity contribution is 6.30. The largest absolute Gasteiger partial charge is 0.459 e. The highest BCUT2D eigenvalue weighted by atomic mass is 35.5. The number of rotatable bonds is 4. The normalized spacial score (nSPS) is 13.6. The van der Waals surface area contributed by atoms with Crippen molar-refractivity contribution in [3.05, 3.63) is 34.3 Å². The zero-order valence-corrected chi connectivity index (χ0v) is 14.0. The fraction of sp³-hybridized carbons (Fsp3) is 0.500. The molecule has 0 radical (unpaired) electrons. The monoisotopic (exact) mass is 350 g/mol. The maximum atomic E-state index is 13.1. The van der Waals surface area contributed by atoms with E-state index in [2.05, 4.69) is 0 Å². The van der Waals surface area contributed by atoms with Gasteiger partial charge in [-0.25, -0.2) is 0 Å². The minimum absolute atomic E-state index is 0.0716. The predicted molar refractivity (Wildman–Crippen MR) is 80.2 cm³/mol. The Hall–Kier alpha value is -1.56. The van der Waals surface area contributed by atoms with E-state index in [1.165, 1.54) is 12.1 Å². The number of Topliss-reactive ketones (excluding diaryl/α,β-unsaturated/α-hetero) is 1. The van der Waals surface area contributed by atoms with Crippen molar-refractivity contribution in [1.82, 2.24) is 0 Å². The van der Waals surface area contributed by atoms with Crippen molar-refractivity contribution in [3.8, 4) is 0 Å². The molecule has 0 amide bonds. The summed E-state index contributed by atoms with van der Waals surface area (Å²) in [5, 5.41) is -0.0716. The van der Waals surface area contributed by atoms with E-state index in [-0.39, 0.29) is 10.6 Å². The van der Waals surface area contributed by atoms with Crippen LogP contribution in [0.4, 0.5) is 13.2 Å². The lowest BCUT2D eigenvalue weighted by Crippen LogP contribution is -2.33. The van der Waals surface area contributed by atoms with Gasteiger partial charge in [0.25, 0.3) is 0 Å². The lowest BCUT2D eigenvalue weighted by molar-refractivity contribution is -0.162.